The number of carbonyl (C=O) groups excluding carboxylic acids is 1. The summed E-state index contributed by atoms with van der Waals surface area (Å²) in [7, 11) is 0. The molecule has 0 spiro atoms. The topological polar surface area (TPSA) is 45.8 Å². The lowest BCUT2D eigenvalue weighted by Gasteiger charge is -1.93. The van der Waals surface area contributed by atoms with Gasteiger partial charge in [0.25, 0.3) is 0 Å². The number of carbonyl (C=O) groups is 1. The van der Waals surface area contributed by atoms with Crippen molar-refractivity contribution < 1.29 is 4.79 Å². The van der Waals surface area contributed by atoms with Crippen molar-refractivity contribution in [2.24, 2.45) is 0 Å². The van der Waals surface area contributed by atoms with Crippen LogP contribution in [0.4, 0.5) is 0 Å². The fraction of sp³-hybridized carbons (Fsp3) is 0.500. The maximum Gasteiger partial charge on any atom is 0.130 e. The second-order valence-electron chi connectivity index (χ2n) is 2.68. The molecule has 3 heteroatoms. The van der Waals surface area contributed by atoms with E-state index in [2.05, 4.69) is 9.97 Å². The van der Waals surface area contributed by atoms with Gasteiger partial charge in [-0.25, -0.2) is 4.98 Å². The number of nitrogens with one attached hydrogen (secondary N) is 1. The van der Waals surface area contributed by atoms with Crippen molar-refractivity contribution in [3.8, 4) is 0 Å². The zero-order chi connectivity index (χ0) is 8.27. The highest BCUT2D eigenvalue weighted by Gasteiger charge is 2.01. The van der Waals surface area contributed by atoms with Crippen LogP contribution in [0.5, 0.6) is 0 Å². The first-order valence-electron chi connectivity index (χ1n) is 3.68. The van der Waals surface area contributed by atoms with E-state index in [1.807, 2.05) is 6.92 Å². The average Bonchev–Trinajstić information content (AvgIpc) is 2.31. The molecule has 1 N–H and O–H groups in total. The van der Waals surface area contributed by atoms with Crippen molar-refractivity contribution in [1.82, 2.24) is 9.97 Å². The fourth-order valence-corrected chi connectivity index (χ4v) is 0.934. The molecule has 0 saturated carbocycles. The molecule has 0 saturated heterocycles. The smallest absolute Gasteiger partial charge is 0.130 e. The molecule has 0 bridgehead atoms. The van der Waals surface area contributed by atoms with E-state index in [0.29, 0.717) is 6.42 Å². The van der Waals surface area contributed by atoms with Crippen LogP contribution in [-0.4, -0.2) is 15.8 Å². The molecule has 1 aromatic rings. The molecule has 0 aliphatic rings. The molecule has 11 heavy (non-hydrogen) atoms. The molecule has 60 valence electrons. The van der Waals surface area contributed by atoms with Crippen LogP contribution in [0.3, 0.4) is 0 Å². The molecule has 3 nitrogen and oxygen atoms in total. The fourth-order valence-electron chi connectivity index (χ4n) is 0.934. The Morgan fingerprint density at radius 1 is 1.73 bits per heavy atom. The first-order chi connectivity index (χ1) is 5.20. The third kappa shape index (κ3) is 2.18. The number of aromatic amines is 1. The van der Waals surface area contributed by atoms with Crippen LogP contribution < -0.4 is 0 Å². The number of hydrogen-bond donors (Lipinski definition) is 1. The van der Waals surface area contributed by atoms with Gasteiger partial charge in [0.15, 0.2) is 0 Å². The SMILES string of the molecule is CC(=O)CCc1nc[nH]c1C. The van der Waals surface area contributed by atoms with Crippen LogP contribution in [-0.2, 0) is 11.2 Å². The van der Waals surface area contributed by atoms with Gasteiger partial charge in [-0.15, -0.1) is 0 Å². The van der Waals surface area contributed by atoms with Crippen LogP contribution in [0.2, 0.25) is 0 Å². The number of rotatable bonds is 3. The third-order valence-electron chi connectivity index (χ3n) is 1.65. The van der Waals surface area contributed by atoms with E-state index in [-0.39, 0.29) is 5.78 Å². The molecule has 0 fully saturated rings. The molecule has 0 aliphatic carbocycles. The number of imidazole rings is 1. The predicted molar refractivity (Wildman–Crippen MR) is 42.3 cm³/mol. The van der Waals surface area contributed by atoms with Crippen molar-refractivity contribution in [3.05, 3.63) is 17.7 Å². The summed E-state index contributed by atoms with van der Waals surface area (Å²) in [6, 6.07) is 0. The maximum absolute atomic E-state index is 10.6. The van der Waals surface area contributed by atoms with Gasteiger partial charge in [0.05, 0.1) is 12.0 Å². The van der Waals surface area contributed by atoms with Gasteiger partial charge in [-0.2, -0.15) is 0 Å². The summed E-state index contributed by atoms with van der Waals surface area (Å²) in [4.78, 5) is 17.7. The Morgan fingerprint density at radius 3 is 2.91 bits per heavy atom. The van der Waals surface area contributed by atoms with Crippen LogP contribution in [0.25, 0.3) is 0 Å². The number of hydrogen-bond acceptors (Lipinski definition) is 2. The second kappa shape index (κ2) is 3.32. The van der Waals surface area contributed by atoms with Crippen molar-refractivity contribution in [1.29, 1.82) is 0 Å². The molecular weight excluding hydrogens is 140 g/mol. The Morgan fingerprint density at radius 2 is 2.45 bits per heavy atom. The minimum Gasteiger partial charge on any atom is -0.348 e. The summed E-state index contributed by atoms with van der Waals surface area (Å²) < 4.78 is 0. The van der Waals surface area contributed by atoms with E-state index >= 15 is 0 Å². The van der Waals surface area contributed by atoms with Crippen LogP contribution in [0, 0.1) is 6.92 Å². The van der Waals surface area contributed by atoms with Gasteiger partial charge >= 0.3 is 0 Å². The lowest BCUT2D eigenvalue weighted by molar-refractivity contribution is -0.116. The highest BCUT2D eigenvalue weighted by atomic mass is 16.1. The normalized spacial score (nSPS) is 10.0. The van der Waals surface area contributed by atoms with Gasteiger partial charge in [-0.1, -0.05) is 0 Å². The molecule has 0 amide bonds. The third-order valence-corrected chi connectivity index (χ3v) is 1.65. The molecule has 1 aromatic heterocycles. The Labute approximate surface area is 65.8 Å². The second-order valence-corrected chi connectivity index (χ2v) is 2.68. The Balaban J connectivity index is 2.51. The minimum atomic E-state index is 0.215. The summed E-state index contributed by atoms with van der Waals surface area (Å²) >= 11 is 0. The monoisotopic (exact) mass is 152 g/mol. The van der Waals surface area contributed by atoms with Crippen LogP contribution in [0.15, 0.2) is 6.33 Å². The van der Waals surface area contributed by atoms with Gasteiger partial charge in [0.1, 0.15) is 5.78 Å². The Bertz CT molecular complexity index is 252. The minimum absolute atomic E-state index is 0.215. The van der Waals surface area contributed by atoms with Gasteiger partial charge in [0.2, 0.25) is 0 Å². The van der Waals surface area contributed by atoms with Gasteiger partial charge in [-0.05, 0) is 20.3 Å². The standard InChI is InChI=1S/C8H12N2O/c1-6(11)3-4-8-7(2)9-5-10-8/h5H,3-4H2,1-2H3,(H,9,10). The zero-order valence-electron chi connectivity index (χ0n) is 6.85. The maximum atomic E-state index is 10.6. The summed E-state index contributed by atoms with van der Waals surface area (Å²) in [5, 5.41) is 0. The quantitative estimate of drug-likeness (QED) is 0.708. The number of nitrogens with zero attached hydrogens (tertiary/aromatic N) is 1. The lowest BCUT2D eigenvalue weighted by atomic mass is 10.2. The van der Waals surface area contributed by atoms with Gasteiger partial charge in [-0.3, -0.25) is 0 Å². The average molecular weight is 152 g/mol. The molecule has 0 unspecified atom stereocenters. The highest BCUT2D eigenvalue weighted by molar-refractivity contribution is 5.75. The van der Waals surface area contributed by atoms with E-state index in [9.17, 15) is 4.79 Å². The summed E-state index contributed by atoms with van der Waals surface area (Å²) in [5.41, 5.74) is 2.06. The summed E-state index contributed by atoms with van der Waals surface area (Å²) in [6.07, 6.45) is 3.00. The Kier molecular flexibility index (Phi) is 2.41. The summed E-state index contributed by atoms with van der Waals surface area (Å²) in [6.45, 7) is 3.56. The Hall–Kier alpha value is -1.12. The van der Waals surface area contributed by atoms with Crippen molar-refractivity contribution in [2.45, 2.75) is 26.7 Å². The first kappa shape index (κ1) is 7.98. The van der Waals surface area contributed by atoms with E-state index in [4.69, 9.17) is 0 Å². The van der Waals surface area contributed by atoms with Crippen LogP contribution in [0.1, 0.15) is 24.7 Å². The van der Waals surface area contributed by atoms with Crippen molar-refractivity contribution in [2.75, 3.05) is 0 Å². The molecule has 0 aromatic carbocycles. The molecule has 0 atom stereocenters. The van der Waals surface area contributed by atoms with Gasteiger partial charge < -0.3 is 9.78 Å². The highest BCUT2D eigenvalue weighted by Crippen LogP contribution is 2.03. The van der Waals surface area contributed by atoms with E-state index in [1.54, 1.807) is 13.3 Å². The van der Waals surface area contributed by atoms with E-state index < -0.39 is 0 Å². The largest absolute Gasteiger partial charge is 0.348 e. The van der Waals surface area contributed by atoms with Gasteiger partial charge in [0, 0.05) is 12.1 Å². The van der Waals surface area contributed by atoms with Crippen molar-refractivity contribution in [3.63, 3.8) is 0 Å². The molecular formula is C8H12N2O. The number of aryl methyl sites for hydroxylation is 2. The number of ketones is 1. The molecule has 1 rings (SSSR count). The number of Topliss-reactive ketones (excluding diaryl/α,β-unsaturated/α-hetero) is 1. The van der Waals surface area contributed by atoms with E-state index in [0.717, 1.165) is 17.8 Å². The molecule has 0 aliphatic heterocycles. The molecule has 0 radical (unpaired) electrons. The lowest BCUT2D eigenvalue weighted by Crippen LogP contribution is -1.95. The zero-order valence-corrected chi connectivity index (χ0v) is 6.85. The van der Waals surface area contributed by atoms with Crippen molar-refractivity contribution >= 4 is 5.78 Å². The number of H-pyrrole nitrogens is 1. The molecule has 1 heterocycles. The van der Waals surface area contributed by atoms with E-state index in [1.165, 1.54) is 0 Å². The summed E-state index contributed by atoms with van der Waals surface area (Å²) in [5.74, 6) is 0.215. The van der Waals surface area contributed by atoms with Crippen LogP contribution >= 0.6 is 0 Å². The predicted octanol–water partition coefficient (Wildman–Crippen LogP) is 1.24. The first-order valence-corrected chi connectivity index (χ1v) is 3.68. The number of aromatic nitrogens is 2.